The molecule has 1 saturated heterocycles. The largest absolute Gasteiger partial charge is 0.458 e. The van der Waals surface area contributed by atoms with E-state index in [0.717, 1.165) is 24.2 Å². The monoisotopic (exact) mass is 349 g/mol. The van der Waals surface area contributed by atoms with Crippen LogP contribution in [0, 0.1) is 13.8 Å². The lowest BCUT2D eigenvalue weighted by Gasteiger charge is -2.32. The summed E-state index contributed by atoms with van der Waals surface area (Å²) >= 11 is 5.78. The molecule has 3 rings (SSSR count). The number of aromatic nitrogens is 4. The zero-order valence-electron chi connectivity index (χ0n) is 14.0. The van der Waals surface area contributed by atoms with E-state index in [1.54, 1.807) is 4.68 Å². The molecule has 1 atom stereocenters. The summed E-state index contributed by atoms with van der Waals surface area (Å²) in [6.45, 7) is 5.00. The molecule has 2 aromatic heterocycles. The molecule has 8 heteroatoms. The lowest BCUT2D eigenvalue weighted by molar-refractivity contribution is 0.0514. The van der Waals surface area contributed by atoms with E-state index < -0.39 is 0 Å². The molecule has 7 nitrogen and oxygen atoms in total. The van der Waals surface area contributed by atoms with Gasteiger partial charge in [0.15, 0.2) is 0 Å². The maximum Gasteiger partial charge on any atom is 0.316 e. The number of halogens is 1. The van der Waals surface area contributed by atoms with Gasteiger partial charge in [-0.3, -0.25) is 9.48 Å². The Morgan fingerprint density at radius 2 is 2.04 bits per heavy atom. The fraction of sp³-hybridized carbons (Fsp3) is 0.500. The lowest BCUT2D eigenvalue weighted by atomic mass is 10.1. The fourth-order valence-corrected chi connectivity index (χ4v) is 3.07. The number of piperidine rings is 1. The average Bonchev–Trinajstić information content (AvgIpc) is 2.82. The Balaban J connectivity index is 1.71. The normalized spacial score (nSPS) is 17.8. The minimum atomic E-state index is -0.124. The van der Waals surface area contributed by atoms with Gasteiger partial charge in [0.25, 0.3) is 5.91 Å². The Bertz CT molecular complexity index is 744. The van der Waals surface area contributed by atoms with Crippen LogP contribution in [-0.2, 0) is 7.05 Å². The third-order valence-corrected chi connectivity index (χ3v) is 4.45. The number of amides is 1. The van der Waals surface area contributed by atoms with Gasteiger partial charge in [0.1, 0.15) is 6.10 Å². The van der Waals surface area contributed by atoms with Crippen LogP contribution in [0.15, 0.2) is 12.4 Å². The predicted molar refractivity (Wildman–Crippen MR) is 89.3 cm³/mol. The van der Waals surface area contributed by atoms with E-state index >= 15 is 0 Å². The van der Waals surface area contributed by atoms with Crippen LogP contribution in [0.2, 0.25) is 5.02 Å². The van der Waals surface area contributed by atoms with Crippen LogP contribution in [0.5, 0.6) is 6.01 Å². The summed E-state index contributed by atoms with van der Waals surface area (Å²) in [4.78, 5) is 22.8. The maximum atomic E-state index is 12.9. The summed E-state index contributed by atoms with van der Waals surface area (Å²) in [6.07, 6.45) is 4.61. The second-order valence-electron chi connectivity index (χ2n) is 5.99. The molecule has 1 amide bonds. The van der Waals surface area contributed by atoms with E-state index in [0.29, 0.717) is 23.7 Å². The molecule has 1 fully saturated rings. The minimum absolute atomic E-state index is 0.00317. The molecule has 0 aliphatic carbocycles. The van der Waals surface area contributed by atoms with Crippen LogP contribution < -0.4 is 4.74 Å². The Labute approximate surface area is 145 Å². The van der Waals surface area contributed by atoms with Gasteiger partial charge in [-0.25, -0.2) is 9.97 Å². The summed E-state index contributed by atoms with van der Waals surface area (Å²) in [7, 11) is 1.85. The third-order valence-electron chi connectivity index (χ3n) is 4.26. The zero-order valence-corrected chi connectivity index (χ0v) is 14.7. The number of rotatable bonds is 3. The van der Waals surface area contributed by atoms with Crippen LogP contribution in [0.25, 0.3) is 0 Å². The molecule has 3 heterocycles. The molecule has 0 aromatic carbocycles. The number of aryl methyl sites for hydroxylation is 2. The Kier molecular flexibility index (Phi) is 4.71. The van der Waals surface area contributed by atoms with Gasteiger partial charge in [0, 0.05) is 19.3 Å². The van der Waals surface area contributed by atoms with Crippen molar-refractivity contribution in [3.63, 3.8) is 0 Å². The second-order valence-corrected chi connectivity index (χ2v) is 6.42. The SMILES string of the molecule is Cc1nn(C)c(C)c1C(=O)N1CCCC(Oc2ncc(Cl)cn2)C1. The highest BCUT2D eigenvalue weighted by molar-refractivity contribution is 6.30. The fourth-order valence-electron chi connectivity index (χ4n) is 2.97. The molecular weight excluding hydrogens is 330 g/mol. The van der Waals surface area contributed by atoms with Gasteiger partial charge in [-0.15, -0.1) is 0 Å². The molecule has 2 aromatic rings. The number of hydrogen-bond acceptors (Lipinski definition) is 5. The van der Waals surface area contributed by atoms with Crippen molar-refractivity contribution >= 4 is 17.5 Å². The third kappa shape index (κ3) is 3.36. The first kappa shape index (κ1) is 16.7. The van der Waals surface area contributed by atoms with Gasteiger partial charge in [-0.1, -0.05) is 11.6 Å². The van der Waals surface area contributed by atoms with Crippen molar-refractivity contribution in [2.75, 3.05) is 13.1 Å². The molecule has 0 bridgehead atoms. The number of ether oxygens (including phenoxy) is 1. The van der Waals surface area contributed by atoms with Crippen molar-refractivity contribution in [3.8, 4) is 6.01 Å². The van der Waals surface area contributed by atoms with E-state index in [1.807, 2.05) is 25.8 Å². The van der Waals surface area contributed by atoms with Crippen LogP contribution in [0.3, 0.4) is 0 Å². The van der Waals surface area contributed by atoms with Crippen molar-refractivity contribution < 1.29 is 9.53 Å². The number of carbonyl (C=O) groups is 1. The van der Waals surface area contributed by atoms with E-state index in [-0.39, 0.29) is 18.0 Å². The minimum Gasteiger partial charge on any atom is -0.458 e. The van der Waals surface area contributed by atoms with Gasteiger partial charge in [-0.05, 0) is 26.7 Å². The van der Waals surface area contributed by atoms with Gasteiger partial charge >= 0.3 is 6.01 Å². The molecule has 0 radical (unpaired) electrons. The molecule has 128 valence electrons. The lowest BCUT2D eigenvalue weighted by Crippen LogP contribution is -2.44. The Morgan fingerprint density at radius 1 is 1.33 bits per heavy atom. The van der Waals surface area contributed by atoms with Gasteiger partial charge in [0.2, 0.25) is 0 Å². The molecule has 0 saturated carbocycles. The number of carbonyl (C=O) groups excluding carboxylic acids is 1. The number of likely N-dealkylation sites (tertiary alicyclic amines) is 1. The number of hydrogen-bond donors (Lipinski definition) is 0. The van der Waals surface area contributed by atoms with Crippen LogP contribution >= 0.6 is 11.6 Å². The van der Waals surface area contributed by atoms with E-state index in [4.69, 9.17) is 16.3 Å². The Hall–Kier alpha value is -2.15. The first-order valence-corrected chi connectivity index (χ1v) is 8.27. The van der Waals surface area contributed by atoms with Gasteiger partial charge < -0.3 is 9.64 Å². The maximum absolute atomic E-state index is 12.9. The molecule has 1 aliphatic heterocycles. The first-order valence-electron chi connectivity index (χ1n) is 7.89. The predicted octanol–water partition coefficient (Wildman–Crippen LogP) is 2.16. The van der Waals surface area contributed by atoms with Crippen LogP contribution in [0.4, 0.5) is 0 Å². The molecule has 0 spiro atoms. The first-order chi connectivity index (χ1) is 11.5. The highest BCUT2D eigenvalue weighted by atomic mass is 35.5. The second kappa shape index (κ2) is 6.76. The summed E-state index contributed by atoms with van der Waals surface area (Å²) in [5.74, 6) is 0.00317. The van der Waals surface area contributed by atoms with Crippen molar-refractivity contribution in [1.82, 2.24) is 24.6 Å². The quantitative estimate of drug-likeness (QED) is 0.849. The average molecular weight is 350 g/mol. The van der Waals surface area contributed by atoms with Crippen LogP contribution in [-0.4, -0.2) is 49.7 Å². The van der Waals surface area contributed by atoms with E-state index in [2.05, 4.69) is 15.1 Å². The van der Waals surface area contributed by atoms with E-state index in [1.165, 1.54) is 12.4 Å². The standard InChI is InChI=1S/C16H20ClN5O2/c1-10-14(11(2)21(3)20-10)15(23)22-6-4-5-13(9-22)24-16-18-7-12(17)8-19-16/h7-8,13H,4-6,9H2,1-3H3. The number of nitrogens with zero attached hydrogens (tertiary/aromatic N) is 5. The topological polar surface area (TPSA) is 73.1 Å². The summed E-state index contributed by atoms with van der Waals surface area (Å²) in [6, 6.07) is 0.285. The van der Waals surface area contributed by atoms with Gasteiger partial charge in [-0.2, -0.15) is 5.10 Å². The molecule has 24 heavy (non-hydrogen) atoms. The van der Waals surface area contributed by atoms with Crippen molar-refractivity contribution in [2.24, 2.45) is 7.05 Å². The zero-order chi connectivity index (χ0) is 17.3. The van der Waals surface area contributed by atoms with Crippen LogP contribution in [0.1, 0.15) is 34.6 Å². The summed E-state index contributed by atoms with van der Waals surface area (Å²) in [5.41, 5.74) is 2.31. The summed E-state index contributed by atoms with van der Waals surface area (Å²) in [5, 5.41) is 4.79. The van der Waals surface area contributed by atoms with Crippen molar-refractivity contribution in [1.29, 1.82) is 0 Å². The highest BCUT2D eigenvalue weighted by Gasteiger charge is 2.29. The molecule has 1 aliphatic rings. The molecule has 0 N–H and O–H groups in total. The van der Waals surface area contributed by atoms with E-state index in [9.17, 15) is 4.79 Å². The van der Waals surface area contributed by atoms with Crippen molar-refractivity contribution in [2.45, 2.75) is 32.8 Å². The molecule has 1 unspecified atom stereocenters. The van der Waals surface area contributed by atoms with Crippen molar-refractivity contribution in [3.05, 3.63) is 34.4 Å². The smallest absolute Gasteiger partial charge is 0.316 e. The Morgan fingerprint density at radius 3 is 2.67 bits per heavy atom. The van der Waals surface area contributed by atoms with Gasteiger partial charge in [0.05, 0.1) is 35.2 Å². The molecular formula is C16H20ClN5O2. The highest BCUT2D eigenvalue weighted by Crippen LogP contribution is 2.20. The summed E-state index contributed by atoms with van der Waals surface area (Å²) < 4.78 is 7.53.